The van der Waals surface area contributed by atoms with Crippen molar-refractivity contribution in [3.8, 4) is 0 Å². The van der Waals surface area contributed by atoms with E-state index in [1.807, 2.05) is 39.8 Å². The van der Waals surface area contributed by atoms with Crippen molar-refractivity contribution in [2.24, 2.45) is 5.92 Å². The average Bonchev–Trinajstić information content (AvgIpc) is 2.71. The van der Waals surface area contributed by atoms with Gasteiger partial charge in [-0.05, 0) is 43.0 Å². The number of nitrogens with zero attached hydrogens (tertiary/aromatic N) is 2. The van der Waals surface area contributed by atoms with Gasteiger partial charge in [0.05, 0.1) is 5.39 Å². The van der Waals surface area contributed by atoms with Crippen molar-refractivity contribution in [3.05, 3.63) is 69.6 Å². The van der Waals surface area contributed by atoms with E-state index < -0.39 is 18.5 Å². The average molecular weight is 407 g/mol. The lowest BCUT2D eigenvalue weighted by molar-refractivity contribution is -0.119. The minimum absolute atomic E-state index is 0.0189. The molecule has 0 spiro atoms. The molecule has 7 heteroatoms. The van der Waals surface area contributed by atoms with E-state index in [0.29, 0.717) is 23.0 Å². The zero-order chi connectivity index (χ0) is 21.8. The molecule has 1 heterocycles. The molecule has 0 bridgehead atoms. The summed E-state index contributed by atoms with van der Waals surface area (Å²) in [7, 11) is 0. The lowest BCUT2D eigenvalue weighted by Gasteiger charge is -2.13. The summed E-state index contributed by atoms with van der Waals surface area (Å²) in [6.07, 6.45) is 0. The molecular weight excluding hydrogens is 382 g/mol. The van der Waals surface area contributed by atoms with E-state index >= 15 is 0 Å². The van der Waals surface area contributed by atoms with Gasteiger partial charge >= 0.3 is 5.97 Å². The molecule has 0 saturated heterocycles. The zero-order valence-electron chi connectivity index (χ0n) is 17.6. The third-order valence-corrected chi connectivity index (χ3v) is 4.81. The molecule has 30 heavy (non-hydrogen) atoms. The first-order chi connectivity index (χ1) is 14.3. The van der Waals surface area contributed by atoms with E-state index in [1.165, 1.54) is 4.68 Å². The number of anilines is 1. The van der Waals surface area contributed by atoms with Crippen molar-refractivity contribution < 1.29 is 14.3 Å². The van der Waals surface area contributed by atoms with Crippen LogP contribution in [0.15, 0.2) is 47.3 Å². The quantitative estimate of drug-likeness (QED) is 0.632. The van der Waals surface area contributed by atoms with Gasteiger partial charge < -0.3 is 10.1 Å². The molecule has 3 rings (SSSR count). The highest BCUT2D eigenvalue weighted by Crippen LogP contribution is 2.18. The summed E-state index contributed by atoms with van der Waals surface area (Å²) in [6, 6.07) is 12.3. The third kappa shape index (κ3) is 4.56. The van der Waals surface area contributed by atoms with Crippen molar-refractivity contribution in [2.45, 2.75) is 34.2 Å². The van der Waals surface area contributed by atoms with Gasteiger partial charge in [-0.3, -0.25) is 9.59 Å². The van der Waals surface area contributed by atoms with Crippen LogP contribution in [-0.2, 0) is 16.1 Å². The highest BCUT2D eigenvalue weighted by Gasteiger charge is 2.19. The predicted octanol–water partition coefficient (Wildman–Crippen LogP) is 3.46. The highest BCUT2D eigenvalue weighted by atomic mass is 16.5. The number of amides is 1. The maximum atomic E-state index is 12.7. The van der Waals surface area contributed by atoms with Gasteiger partial charge in [0.2, 0.25) is 0 Å². The van der Waals surface area contributed by atoms with Crippen LogP contribution in [0.25, 0.3) is 10.8 Å². The molecule has 0 aliphatic heterocycles. The van der Waals surface area contributed by atoms with Crippen molar-refractivity contribution in [1.82, 2.24) is 9.78 Å². The number of rotatable bonds is 6. The maximum absolute atomic E-state index is 12.7. The number of nitrogens with one attached hydrogen (secondary N) is 1. The van der Waals surface area contributed by atoms with Crippen LogP contribution in [0.2, 0.25) is 0 Å². The number of aromatic nitrogens is 2. The molecule has 1 amide bonds. The summed E-state index contributed by atoms with van der Waals surface area (Å²) in [5, 5.41) is 7.77. The Kier molecular flexibility index (Phi) is 6.30. The summed E-state index contributed by atoms with van der Waals surface area (Å²) in [4.78, 5) is 37.6. The van der Waals surface area contributed by atoms with Crippen molar-refractivity contribution in [2.75, 3.05) is 11.9 Å². The smallest absolute Gasteiger partial charge is 0.359 e. The standard InChI is InChI=1S/C23H25N3O4/c1-14(2)12-26-22(28)18-10-6-5-9-17(18)21(25-26)23(29)30-13-20(27)24-19-11-7-8-15(3)16(19)4/h5-11,14H,12-13H2,1-4H3,(H,24,27). The van der Waals surface area contributed by atoms with Gasteiger partial charge in [-0.15, -0.1) is 0 Å². The van der Waals surface area contributed by atoms with Crippen LogP contribution in [0.5, 0.6) is 0 Å². The first-order valence-corrected chi connectivity index (χ1v) is 9.81. The molecule has 0 aliphatic carbocycles. The van der Waals surface area contributed by atoms with E-state index in [4.69, 9.17) is 4.74 Å². The highest BCUT2D eigenvalue weighted by molar-refractivity contribution is 6.03. The molecule has 0 unspecified atom stereocenters. The molecule has 3 aromatic rings. The van der Waals surface area contributed by atoms with E-state index in [1.54, 1.807) is 30.3 Å². The minimum atomic E-state index is -0.750. The van der Waals surface area contributed by atoms with Crippen LogP contribution in [0.3, 0.4) is 0 Å². The van der Waals surface area contributed by atoms with Crippen molar-refractivity contribution >= 4 is 28.3 Å². The second-order valence-electron chi connectivity index (χ2n) is 7.65. The van der Waals surface area contributed by atoms with Gasteiger partial charge in [0.1, 0.15) is 0 Å². The Bertz CT molecular complexity index is 1160. The number of hydrogen-bond acceptors (Lipinski definition) is 5. The third-order valence-electron chi connectivity index (χ3n) is 4.81. The Labute approximate surface area is 174 Å². The van der Waals surface area contributed by atoms with Gasteiger partial charge in [0.15, 0.2) is 12.3 Å². The summed E-state index contributed by atoms with van der Waals surface area (Å²) >= 11 is 0. The van der Waals surface area contributed by atoms with E-state index in [-0.39, 0.29) is 17.2 Å². The molecule has 0 aliphatic rings. The number of benzene rings is 2. The van der Waals surface area contributed by atoms with Crippen LogP contribution >= 0.6 is 0 Å². The second-order valence-corrected chi connectivity index (χ2v) is 7.65. The maximum Gasteiger partial charge on any atom is 0.359 e. The van der Waals surface area contributed by atoms with Gasteiger partial charge in [0, 0.05) is 17.6 Å². The largest absolute Gasteiger partial charge is 0.451 e. The fraction of sp³-hybridized carbons (Fsp3) is 0.304. The van der Waals surface area contributed by atoms with Gasteiger partial charge in [-0.1, -0.05) is 44.2 Å². The number of carbonyl (C=O) groups excluding carboxylic acids is 2. The van der Waals surface area contributed by atoms with Crippen LogP contribution < -0.4 is 10.9 Å². The van der Waals surface area contributed by atoms with Crippen molar-refractivity contribution in [1.29, 1.82) is 0 Å². The topological polar surface area (TPSA) is 90.3 Å². The predicted molar refractivity (Wildman–Crippen MR) is 116 cm³/mol. The molecule has 0 radical (unpaired) electrons. The lowest BCUT2D eigenvalue weighted by atomic mass is 10.1. The summed E-state index contributed by atoms with van der Waals surface area (Å²) < 4.78 is 6.49. The Balaban J connectivity index is 1.81. The number of esters is 1. The van der Waals surface area contributed by atoms with Gasteiger partial charge in [-0.2, -0.15) is 5.10 Å². The normalized spacial score (nSPS) is 11.0. The second kappa shape index (κ2) is 8.90. The molecule has 2 aromatic carbocycles. The summed E-state index contributed by atoms with van der Waals surface area (Å²) in [5.41, 5.74) is 2.43. The number of fused-ring (bicyclic) bond motifs is 1. The summed E-state index contributed by atoms with van der Waals surface area (Å²) in [5.74, 6) is -1.03. The van der Waals surface area contributed by atoms with Crippen LogP contribution in [0.1, 0.15) is 35.5 Å². The number of hydrogen-bond donors (Lipinski definition) is 1. The lowest BCUT2D eigenvalue weighted by Crippen LogP contribution is -2.29. The Morgan fingerprint density at radius 1 is 1.07 bits per heavy atom. The molecular formula is C23H25N3O4. The SMILES string of the molecule is Cc1cccc(NC(=O)COC(=O)c2nn(CC(C)C)c(=O)c3ccccc23)c1C. The Morgan fingerprint density at radius 2 is 1.77 bits per heavy atom. The molecule has 7 nitrogen and oxygen atoms in total. The Morgan fingerprint density at radius 3 is 2.47 bits per heavy atom. The minimum Gasteiger partial charge on any atom is -0.451 e. The molecule has 0 atom stereocenters. The number of ether oxygens (including phenoxy) is 1. The van der Waals surface area contributed by atoms with Crippen LogP contribution in [0.4, 0.5) is 5.69 Å². The van der Waals surface area contributed by atoms with E-state index in [0.717, 1.165) is 11.1 Å². The zero-order valence-corrected chi connectivity index (χ0v) is 17.6. The summed E-state index contributed by atoms with van der Waals surface area (Å²) in [6.45, 7) is 7.69. The first kappa shape index (κ1) is 21.2. The molecule has 1 N–H and O–H groups in total. The van der Waals surface area contributed by atoms with Crippen LogP contribution in [-0.4, -0.2) is 28.3 Å². The Hall–Kier alpha value is -3.48. The first-order valence-electron chi connectivity index (χ1n) is 9.81. The number of aryl methyl sites for hydroxylation is 1. The molecule has 1 aromatic heterocycles. The fourth-order valence-corrected chi connectivity index (χ4v) is 3.13. The molecule has 156 valence electrons. The number of carbonyl (C=O) groups is 2. The molecule has 0 fully saturated rings. The van der Waals surface area contributed by atoms with E-state index in [9.17, 15) is 14.4 Å². The van der Waals surface area contributed by atoms with Gasteiger partial charge in [0.25, 0.3) is 11.5 Å². The van der Waals surface area contributed by atoms with E-state index in [2.05, 4.69) is 10.4 Å². The monoisotopic (exact) mass is 407 g/mol. The fourth-order valence-electron chi connectivity index (χ4n) is 3.13. The molecule has 0 saturated carbocycles. The van der Waals surface area contributed by atoms with Crippen LogP contribution in [0, 0.1) is 19.8 Å². The van der Waals surface area contributed by atoms with Gasteiger partial charge in [-0.25, -0.2) is 9.48 Å². The van der Waals surface area contributed by atoms with Crippen molar-refractivity contribution in [3.63, 3.8) is 0 Å².